The fraction of sp³-hybridized carbons (Fsp3) is 0.188. The summed E-state index contributed by atoms with van der Waals surface area (Å²) in [6, 6.07) is 11.9. The molecule has 0 radical (unpaired) electrons. The third-order valence-electron chi connectivity index (χ3n) is 3.35. The number of aromatic nitrogens is 3. The lowest BCUT2D eigenvalue weighted by molar-refractivity contribution is 0.424. The molecular weight excluding hydrogens is 264 g/mol. The average molecular weight is 280 g/mol. The molecule has 3 rings (SSSR count). The monoisotopic (exact) mass is 280 g/mol. The third kappa shape index (κ3) is 2.98. The molecule has 1 aromatic carbocycles. The molecule has 3 aromatic rings. The Morgan fingerprint density at radius 3 is 2.86 bits per heavy atom. The summed E-state index contributed by atoms with van der Waals surface area (Å²) in [5.74, 6) is 1.17. The molecule has 0 atom stereocenters. The van der Waals surface area contributed by atoms with Crippen LogP contribution in [0.1, 0.15) is 22.6 Å². The van der Waals surface area contributed by atoms with E-state index in [0.29, 0.717) is 24.7 Å². The largest absolute Gasteiger partial charge is 0.334 e. The Bertz CT molecular complexity index is 751. The van der Waals surface area contributed by atoms with Crippen molar-refractivity contribution >= 4 is 0 Å². The Morgan fingerprint density at radius 1 is 1.19 bits per heavy atom. The first-order valence-electron chi connectivity index (χ1n) is 6.78. The van der Waals surface area contributed by atoms with Gasteiger partial charge in [0, 0.05) is 24.7 Å². The van der Waals surface area contributed by atoms with Gasteiger partial charge < -0.3 is 10.3 Å². The van der Waals surface area contributed by atoms with Crippen molar-refractivity contribution in [2.24, 2.45) is 5.73 Å². The first-order valence-corrected chi connectivity index (χ1v) is 6.78. The molecule has 0 unspecified atom stereocenters. The van der Waals surface area contributed by atoms with Gasteiger partial charge in [-0.25, -0.2) is 0 Å². The van der Waals surface area contributed by atoms with Gasteiger partial charge in [0.1, 0.15) is 0 Å². The van der Waals surface area contributed by atoms with Crippen LogP contribution in [0.5, 0.6) is 0 Å². The maximum Gasteiger partial charge on any atom is 0.258 e. The molecule has 0 aliphatic carbocycles. The minimum Gasteiger partial charge on any atom is -0.334 e. The van der Waals surface area contributed by atoms with Gasteiger partial charge in [0.05, 0.1) is 5.69 Å². The minimum absolute atomic E-state index is 0.387. The highest BCUT2D eigenvalue weighted by Gasteiger charge is 2.10. The Balaban J connectivity index is 1.85. The van der Waals surface area contributed by atoms with Crippen molar-refractivity contribution in [2.45, 2.75) is 19.9 Å². The maximum atomic E-state index is 5.59. The fourth-order valence-electron chi connectivity index (χ4n) is 2.14. The van der Waals surface area contributed by atoms with Crippen molar-refractivity contribution in [1.29, 1.82) is 0 Å². The van der Waals surface area contributed by atoms with Gasteiger partial charge in [-0.3, -0.25) is 4.98 Å². The lowest BCUT2D eigenvalue weighted by Crippen LogP contribution is -1.99. The third-order valence-corrected chi connectivity index (χ3v) is 3.35. The van der Waals surface area contributed by atoms with E-state index >= 15 is 0 Å². The smallest absolute Gasteiger partial charge is 0.258 e. The summed E-state index contributed by atoms with van der Waals surface area (Å²) in [7, 11) is 0. The standard InChI is InChI=1S/C16H16N4O/c1-11-4-2-3-5-12(11)9-15-19-16(21-20-15)13-6-7-18-14(8-13)10-17/h2-8H,9-10,17H2,1H3. The number of aryl methyl sites for hydroxylation is 1. The zero-order valence-electron chi connectivity index (χ0n) is 11.8. The van der Waals surface area contributed by atoms with E-state index < -0.39 is 0 Å². The van der Waals surface area contributed by atoms with Gasteiger partial charge in [-0.2, -0.15) is 4.98 Å². The van der Waals surface area contributed by atoms with Gasteiger partial charge in [-0.15, -0.1) is 0 Å². The molecule has 5 nitrogen and oxygen atoms in total. The summed E-state index contributed by atoms with van der Waals surface area (Å²) >= 11 is 0. The molecular formula is C16H16N4O. The number of pyridine rings is 1. The van der Waals surface area contributed by atoms with E-state index in [9.17, 15) is 0 Å². The van der Waals surface area contributed by atoms with E-state index in [0.717, 1.165) is 11.3 Å². The second-order valence-corrected chi connectivity index (χ2v) is 4.86. The highest BCUT2D eigenvalue weighted by molar-refractivity contribution is 5.52. The van der Waals surface area contributed by atoms with Crippen LogP contribution in [0.25, 0.3) is 11.5 Å². The molecule has 0 aliphatic rings. The normalized spacial score (nSPS) is 10.8. The van der Waals surface area contributed by atoms with Gasteiger partial charge >= 0.3 is 0 Å². The van der Waals surface area contributed by atoms with E-state index in [-0.39, 0.29) is 0 Å². The topological polar surface area (TPSA) is 77.8 Å². The summed E-state index contributed by atoms with van der Waals surface area (Å²) in [5.41, 5.74) is 9.65. The number of rotatable bonds is 4. The van der Waals surface area contributed by atoms with Crippen LogP contribution in [0.3, 0.4) is 0 Å². The number of hydrogen-bond donors (Lipinski definition) is 1. The molecule has 2 N–H and O–H groups in total. The van der Waals surface area contributed by atoms with Crippen molar-refractivity contribution in [3.05, 3.63) is 65.2 Å². The van der Waals surface area contributed by atoms with Crippen molar-refractivity contribution in [1.82, 2.24) is 15.1 Å². The van der Waals surface area contributed by atoms with E-state index in [1.54, 1.807) is 6.20 Å². The number of benzene rings is 1. The molecule has 2 aromatic heterocycles. The molecule has 21 heavy (non-hydrogen) atoms. The number of nitrogens with two attached hydrogens (primary N) is 1. The second kappa shape index (κ2) is 5.85. The summed E-state index contributed by atoms with van der Waals surface area (Å²) in [6.07, 6.45) is 2.35. The van der Waals surface area contributed by atoms with Crippen molar-refractivity contribution in [3.63, 3.8) is 0 Å². The quantitative estimate of drug-likeness (QED) is 0.794. The maximum absolute atomic E-state index is 5.59. The van der Waals surface area contributed by atoms with E-state index in [1.807, 2.05) is 24.3 Å². The summed E-state index contributed by atoms with van der Waals surface area (Å²) in [5, 5.41) is 4.05. The van der Waals surface area contributed by atoms with Crippen LogP contribution < -0.4 is 5.73 Å². The predicted octanol–water partition coefficient (Wildman–Crippen LogP) is 2.49. The van der Waals surface area contributed by atoms with Gasteiger partial charge in [-0.05, 0) is 30.2 Å². The molecule has 0 spiro atoms. The van der Waals surface area contributed by atoms with E-state index in [1.165, 1.54) is 11.1 Å². The Hall–Kier alpha value is -2.53. The lowest BCUT2D eigenvalue weighted by Gasteiger charge is -2.00. The Morgan fingerprint density at radius 2 is 2.05 bits per heavy atom. The summed E-state index contributed by atoms with van der Waals surface area (Å²) in [4.78, 5) is 8.60. The molecule has 0 bridgehead atoms. The molecule has 0 saturated heterocycles. The zero-order chi connectivity index (χ0) is 14.7. The van der Waals surface area contributed by atoms with Crippen LogP contribution >= 0.6 is 0 Å². The van der Waals surface area contributed by atoms with Gasteiger partial charge in [-0.1, -0.05) is 29.4 Å². The van der Waals surface area contributed by atoms with Crippen LogP contribution in [0, 0.1) is 6.92 Å². The Labute approximate surface area is 122 Å². The van der Waals surface area contributed by atoms with E-state index in [4.69, 9.17) is 10.3 Å². The number of hydrogen-bond acceptors (Lipinski definition) is 5. The molecule has 106 valence electrons. The van der Waals surface area contributed by atoms with Gasteiger partial charge in [0.2, 0.25) is 0 Å². The van der Waals surface area contributed by atoms with E-state index in [2.05, 4.69) is 34.2 Å². The first kappa shape index (κ1) is 13.5. The van der Waals surface area contributed by atoms with Crippen molar-refractivity contribution < 1.29 is 4.52 Å². The van der Waals surface area contributed by atoms with Crippen LogP contribution in [-0.2, 0) is 13.0 Å². The average Bonchev–Trinajstić information content (AvgIpc) is 2.98. The molecule has 0 amide bonds. The summed E-state index contributed by atoms with van der Waals surface area (Å²) < 4.78 is 5.33. The van der Waals surface area contributed by atoms with Gasteiger partial charge in [0.15, 0.2) is 5.82 Å². The second-order valence-electron chi connectivity index (χ2n) is 4.86. The highest BCUT2D eigenvalue weighted by Crippen LogP contribution is 2.19. The minimum atomic E-state index is 0.387. The Kier molecular flexibility index (Phi) is 3.75. The number of nitrogens with zero attached hydrogens (tertiary/aromatic N) is 3. The zero-order valence-corrected chi connectivity index (χ0v) is 11.8. The first-order chi connectivity index (χ1) is 10.3. The van der Waals surface area contributed by atoms with Crippen LogP contribution in [0.15, 0.2) is 47.1 Å². The van der Waals surface area contributed by atoms with Crippen molar-refractivity contribution in [3.8, 4) is 11.5 Å². The lowest BCUT2D eigenvalue weighted by atomic mass is 10.1. The van der Waals surface area contributed by atoms with Crippen molar-refractivity contribution in [2.75, 3.05) is 0 Å². The molecule has 5 heteroatoms. The predicted molar refractivity (Wildman–Crippen MR) is 79.4 cm³/mol. The highest BCUT2D eigenvalue weighted by atomic mass is 16.5. The SMILES string of the molecule is Cc1ccccc1Cc1noc(-c2ccnc(CN)c2)n1. The molecule has 0 aliphatic heterocycles. The van der Waals surface area contributed by atoms with Gasteiger partial charge in [0.25, 0.3) is 5.89 Å². The fourth-order valence-corrected chi connectivity index (χ4v) is 2.14. The molecule has 0 saturated carbocycles. The van der Waals surface area contributed by atoms with Crippen LogP contribution in [0.2, 0.25) is 0 Å². The summed E-state index contributed by atoms with van der Waals surface area (Å²) in [6.45, 7) is 2.46. The molecule has 2 heterocycles. The van der Waals surface area contributed by atoms with Crippen LogP contribution in [0.4, 0.5) is 0 Å². The van der Waals surface area contributed by atoms with Crippen LogP contribution in [-0.4, -0.2) is 15.1 Å². The molecule has 0 fully saturated rings.